The van der Waals surface area contributed by atoms with E-state index in [0.717, 1.165) is 5.69 Å². The fourth-order valence-electron chi connectivity index (χ4n) is 1.28. The summed E-state index contributed by atoms with van der Waals surface area (Å²) in [5, 5.41) is 2.71. The minimum absolute atomic E-state index is 0.0772. The van der Waals surface area contributed by atoms with E-state index in [0.29, 0.717) is 18.9 Å². The maximum Gasteiger partial charge on any atom is 0.322 e. The number of hydrogen-bond acceptors (Lipinski definition) is 3. The SMILES string of the molecule is Nc1ccc(N2CCNC2=O)cn1. The predicted octanol–water partition coefficient (Wildman–Crippen LogP) is 0.193. The molecule has 1 aliphatic heterocycles. The molecule has 0 spiro atoms. The van der Waals surface area contributed by atoms with Crippen LogP contribution in [0.15, 0.2) is 18.3 Å². The lowest BCUT2D eigenvalue weighted by Gasteiger charge is -2.12. The third-order valence-electron chi connectivity index (χ3n) is 1.94. The van der Waals surface area contributed by atoms with Crippen LogP contribution in [-0.4, -0.2) is 24.1 Å². The first kappa shape index (κ1) is 7.85. The molecular weight excluding hydrogens is 168 g/mol. The van der Waals surface area contributed by atoms with Gasteiger partial charge in [0.25, 0.3) is 0 Å². The van der Waals surface area contributed by atoms with Gasteiger partial charge in [-0.15, -0.1) is 0 Å². The van der Waals surface area contributed by atoms with Crippen molar-refractivity contribution in [3.05, 3.63) is 18.3 Å². The Labute approximate surface area is 75.6 Å². The minimum Gasteiger partial charge on any atom is -0.384 e. The van der Waals surface area contributed by atoms with Crippen molar-refractivity contribution < 1.29 is 4.79 Å². The number of anilines is 2. The van der Waals surface area contributed by atoms with Gasteiger partial charge in [-0.05, 0) is 12.1 Å². The maximum atomic E-state index is 11.2. The number of urea groups is 1. The Morgan fingerprint density at radius 2 is 2.38 bits per heavy atom. The van der Waals surface area contributed by atoms with Crippen LogP contribution < -0.4 is 16.0 Å². The summed E-state index contributed by atoms with van der Waals surface area (Å²) in [5.41, 5.74) is 6.21. The molecule has 1 aliphatic rings. The van der Waals surface area contributed by atoms with Crippen LogP contribution >= 0.6 is 0 Å². The van der Waals surface area contributed by atoms with E-state index in [4.69, 9.17) is 5.73 Å². The summed E-state index contributed by atoms with van der Waals surface area (Å²) in [4.78, 5) is 16.8. The second-order valence-corrected chi connectivity index (χ2v) is 2.82. The molecule has 1 aromatic heterocycles. The number of aromatic nitrogens is 1. The summed E-state index contributed by atoms with van der Waals surface area (Å²) < 4.78 is 0. The molecule has 2 rings (SSSR count). The molecule has 2 heterocycles. The lowest BCUT2D eigenvalue weighted by molar-refractivity contribution is 0.252. The maximum absolute atomic E-state index is 11.2. The van der Waals surface area contributed by atoms with Crippen LogP contribution in [0.1, 0.15) is 0 Å². The highest BCUT2D eigenvalue weighted by Crippen LogP contribution is 2.15. The molecule has 0 saturated carbocycles. The number of rotatable bonds is 1. The summed E-state index contributed by atoms with van der Waals surface area (Å²) in [6.07, 6.45) is 1.60. The van der Waals surface area contributed by atoms with Crippen molar-refractivity contribution in [3.8, 4) is 0 Å². The zero-order valence-corrected chi connectivity index (χ0v) is 7.03. The largest absolute Gasteiger partial charge is 0.384 e. The summed E-state index contributed by atoms with van der Waals surface area (Å²) in [6.45, 7) is 1.37. The molecule has 1 saturated heterocycles. The van der Waals surface area contributed by atoms with Gasteiger partial charge in [0.05, 0.1) is 11.9 Å². The Morgan fingerprint density at radius 3 is 2.92 bits per heavy atom. The number of nitrogens with zero attached hydrogens (tertiary/aromatic N) is 2. The van der Waals surface area contributed by atoms with Gasteiger partial charge in [0.1, 0.15) is 5.82 Å². The van der Waals surface area contributed by atoms with Crippen LogP contribution in [-0.2, 0) is 0 Å². The van der Waals surface area contributed by atoms with Crippen LogP contribution in [0.25, 0.3) is 0 Å². The Kier molecular flexibility index (Phi) is 1.77. The van der Waals surface area contributed by atoms with E-state index in [1.807, 2.05) is 0 Å². The van der Waals surface area contributed by atoms with Crippen LogP contribution in [0.5, 0.6) is 0 Å². The highest BCUT2D eigenvalue weighted by atomic mass is 16.2. The van der Waals surface area contributed by atoms with E-state index in [1.54, 1.807) is 23.2 Å². The molecule has 5 nitrogen and oxygen atoms in total. The van der Waals surface area contributed by atoms with Gasteiger partial charge in [-0.3, -0.25) is 4.90 Å². The standard InChI is InChI=1S/C8H10N4O/c9-7-2-1-6(5-11-7)12-4-3-10-8(12)13/h1-2,5H,3-4H2,(H2,9,11)(H,10,13). The van der Waals surface area contributed by atoms with Gasteiger partial charge in [-0.2, -0.15) is 0 Å². The summed E-state index contributed by atoms with van der Waals surface area (Å²) in [5.74, 6) is 0.461. The van der Waals surface area contributed by atoms with Crippen LogP contribution in [0.3, 0.4) is 0 Å². The van der Waals surface area contributed by atoms with E-state index in [1.165, 1.54) is 0 Å². The molecule has 13 heavy (non-hydrogen) atoms. The van der Waals surface area contributed by atoms with Crippen molar-refractivity contribution in [2.24, 2.45) is 0 Å². The van der Waals surface area contributed by atoms with E-state index < -0.39 is 0 Å². The molecule has 1 aromatic rings. The molecule has 0 unspecified atom stereocenters. The Morgan fingerprint density at radius 1 is 1.54 bits per heavy atom. The van der Waals surface area contributed by atoms with Crippen LogP contribution in [0.4, 0.5) is 16.3 Å². The van der Waals surface area contributed by atoms with Gasteiger partial charge < -0.3 is 11.1 Å². The molecule has 0 radical (unpaired) electrons. The third-order valence-corrected chi connectivity index (χ3v) is 1.94. The van der Waals surface area contributed by atoms with Crippen molar-refractivity contribution in [1.29, 1.82) is 0 Å². The number of hydrogen-bond donors (Lipinski definition) is 2. The monoisotopic (exact) mass is 178 g/mol. The Bertz CT molecular complexity index is 321. The number of nitrogens with one attached hydrogen (secondary N) is 1. The fourth-order valence-corrected chi connectivity index (χ4v) is 1.28. The van der Waals surface area contributed by atoms with Crippen LogP contribution in [0.2, 0.25) is 0 Å². The molecule has 1 fully saturated rings. The molecule has 0 bridgehead atoms. The molecule has 5 heteroatoms. The van der Waals surface area contributed by atoms with E-state index in [2.05, 4.69) is 10.3 Å². The quantitative estimate of drug-likeness (QED) is 0.645. The predicted molar refractivity (Wildman–Crippen MR) is 49.4 cm³/mol. The van der Waals surface area contributed by atoms with Crippen LogP contribution in [0, 0.1) is 0 Å². The molecule has 2 amide bonds. The minimum atomic E-state index is -0.0772. The van der Waals surface area contributed by atoms with Gasteiger partial charge in [-0.25, -0.2) is 9.78 Å². The number of amides is 2. The third kappa shape index (κ3) is 1.40. The fraction of sp³-hybridized carbons (Fsp3) is 0.250. The second-order valence-electron chi connectivity index (χ2n) is 2.82. The zero-order valence-electron chi connectivity index (χ0n) is 7.03. The molecule has 0 aromatic carbocycles. The van der Waals surface area contributed by atoms with Crippen molar-refractivity contribution in [1.82, 2.24) is 10.3 Å². The highest BCUT2D eigenvalue weighted by molar-refractivity contribution is 5.93. The highest BCUT2D eigenvalue weighted by Gasteiger charge is 2.20. The van der Waals surface area contributed by atoms with Gasteiger partial charge >= 0.3 is 6.03 Å². The lowest BCUT2D eigenvalue weighted by atomic mass is 10.4. The van der Waals surface area contributed by atoms with Crippen molar-refractivity contribution in [3.63, 3.8) is 0 Å². The van der Waals surface area contributed by atoms with Crippen molar-refractivity contribution in [2.75, 3.05) is 23.7 Å². The van der Waals surface area contributed by atoms with Gasteiger partial charge in [-0.1, -0.05) is 0 Å². The van der Waals surface area contributed by atoms with E-state index in [-0.39, 0.29) is 6.03 Å². The number of carbonyl (C=O) groups is 1. The first-order valence-corrected chi connectivity index (χ1v) is 4.04. The first-order chi connectivity index (χ1) is 6.27. The smallest absolute Gasteiger partial charge is 0.322 e. The summed E-state index contributed by atoms with van der Waals surface area (Å²) in [7, 11) is 0. The average molecular weight is 178 g/mol. The zero-order chi connectivity index (χ0) is 9.26. The van der Waals surface area contributed by atoms with Crippen molar-refractivity contribution >= 4 is 17.5 Å². The first-order valence-electron chi connectivity index (χ1n) is 4.04. The molecule has 0 atom stereocenters. The molecule has 0 aliphatic carbocycles. The average Bonchev–Trinajstić information content (AvgIpc) is 2.53. The summed E-state index contributed by atoms with van der Waals surface area (Å²) >= 11 is 0. The number of carbonyl (C=O) groups excluding carboxylic acids is 1. The number of nitrogens with two attached hydrogens (primary N) is 1. The topological polar surface area (TPSA) is 71.2 Å². The van der Waals surface area contributed by atoms with E-state index >= 15 is 0 Å². The van der Waals surface area contributed by atoms with Gasteiger partial charge in [0.2, 0.25) is 0 Å². The second kappa shape index (κ2) is 2.93. The lowest BCUT2D eigenvalue weighted by Crippen LogP contribution is -2.27. The van der Waals surface area contributed by atoms with Gasteiger partial charge in [0, 0.05) is 13.1 Å². The Balaban J connectivity index is 2.25. The number of pyridine rings is 1. The molecule has 3 N–H and O–H groups in total. The molecular formula is C8H10N4O. The number of nitrogen functional groups attached to an aromatic ring is 1. The van der Waals surface area contributed by atoms with Gasteiger partial charge in [0.15, 0.2) is 0 Å². The van der Waals surface area contributed by atoms with E-state index in [9.17, 15) is 4.79 Å². The van der Waals surface area contributed by atoms with Crippen molar-refractivity contribution in [2.45, 2.75) is 0 Å². The summed E-state index contributed by atoms with van der Waals surface area (Å²) in [6, 6.07) is 3.39. The Hall–Kier alpha value is -1.78. The normalized spacial score (nSPS) is 16.0. The molecule has 68 valence electrons.